The highest BCUT2D eigenvalue weighted by molar-refractivity contribution is 7.22. The first kappa shape index (κ1) is 24.6. The second-order valence-corrected chi connectivity index (χ2v) is 9.61. The number of benzene rings is 2. The van der Waals surface area contributed by atoms with Gasteiger partial charge in [0.15, 0.2) is 11.5 Å². The van der Waals surface area contributed by atoms with Gasteiger partial charge in [0.2, 0.25) is 0 Å². The van der Waals surface area contributed by atoms with Crippen molar-refractivity contribution >= 4 is 45.4 Å². The van der Waals surface area contributed by atoms with E-state index >= 15 is 0 Å². The predicted octanol–water partition coefficient (Wildman–Crippen LogP) is 6.28. The van der Waals surface area contributed by atoms with Crippen molar-refractivity contribution in [1.82, 2.24) is 9.47 Å². The summed E-state index contributed by atoms with van der Waals surface area (Å²) in [5, 5.41) is 1.62. The van der Waals surface area contributed by atoms with Gasteiger partial charge in [0, 0.05) is 34.1 Å². The highest BCUT2D eigenvalue weighted by Crippen LogP contribution is 2.33. The van der Waals surface area contributed by atoms with Crippen molar-refractivity contribution in [2.24, 2.45) is 0 Å². The van der Waals surface area contributed by atoms with Crippen molar-refractivity contribution in [2.45, 2.75) is 12.8 Å². The third-order valence-corrected chi connectivity index (χ3v) is 7.43. The lowest BCUT2D eigenvalue weighted by atomic mass is 10.2. The summed E-state index contributed by atoms with van der Waals surface area (Å²) in [6.07, 6.45) is 4.34. The van der Waals surface area contributed by atoms with Crippen LogP contribution in [0.4, 0.5) is 0 Å². The number of ether oxygens (including phenoxy) is 2. The largest absolute Gasteiger partial charge is 0.493 e. The molecule has 0 unspecified atom stereocenters. The van der Waals surface area contributed by atoms with Crippen LogP contribution in [0.5, 0.6) is 11.5 Å². The van der Waals surface area contributed by atoms with Crippen molar-refractivity contribution in [3.8, 4) is 27.6 Å². The van der Waals surface area contributed by atoms with E-state index < -0.39 is 0 Å². The Balaban J connectivity index is 0.00000274. The normalized spacial score (nSPS) is 13.7. The maximum absolute atomic E-state index is 13.3. The first-order chi connectivity index (χ1) is 16.1. The van der Waals surface area contributed by atoms with Gasteiger partial charge < -0.3 is 9.47 Å². The molecule has 0 atom stereocenters. The molecule has 2 aromatic heterocycles. The monoisotopic (exact) mass is 516 g/mol. The van der Waals surface area contributed by atoms with Crippen molar-refractivity contribution < 1.29 is 9.47 Å². The van der Waals surface area contributed by atoms with Crippen molar-refractivity contribution in [3.05, 3.63) is 76.2 Å². The third-order valence-electron chi connectivity index (χ3n) is 5.99. The summed E-state index contributed by atoms with van der Waals surface area (Å²) in [5.74, 6) is 1.31. The van der Waals surface area contributed by atoms with Crippen LogP contribution in [0.1, 0.15) is 12.8 Å². The molecule has 0 saturated carbocycles. The zero-order chi connectivity index (χ0) is 22.8. The molecule has 1 fully saturated rings. The van der Waals surface area contributed by atoms with E-state index in [1.54, 1.807) is 11.7 Å². The zero-order valence-electron chi connectivity index (χ0n) is 18.8. The van der Waals surface area contributed by atoms with Gasteiger partial charge in [0.25, 0.3) is 5.56 Å². The molecule has 178 valence electrons. The van der Waals surface area contributed by atoms with E-state index in [-0.39, 0.29) is 18.0 Å². The first-order valence-electron chi connectivity index (χ1n) is 11.1. The van der Waals surface area contributed by atoms with Gasteiger partial charge in [-0.1, -0.05) is 23.7 Å². The van der Waals surface area contributed by atoms with Crippen LogP contribution in [-0.2, 0) is 0 Å². The van der Waals surface area contributed by atoms with Crippen LogP contribution in [0, 0.1) is 0 Å². The van der Waals surface area contributed by atoms with Crippen LogP contribution in [0.25, 0.3) is 26.2 Å². The Kier molecular flexibility index (Phi) is 7.84. The van der Waals surface area contributed by atoms with E-state index in [0.29, 0.717) is 27.8 Å². The number of hydrogen-bond donors (Lipinski definition) is 0. The summed E-state index contributed by atoms with van der Waals surface area (Å²) in [6, 6.07) is 17.3. The Hall–Kier alpha value is -2.51. The molecule has 3 heterocycles. The number of hydrogen-bond acceptors (Lipinski definition) is 5. The van der Waals surface area contributed by atoms with Crippen LogP contribution in [0.2, 0.25) is 5.02 Å². The van der Waals surface area contributed by atoms with Gasteiger partial charge in [-0.25, -0.2) is 0 Å². The summed E-state index contributed by atoms with van der Waals surface area (Å²) in [5.41, 5.74) is 1.73. The summed E-state index contributed by atoms with van der Waals surface area (Å²) >= 11 is 7.50. The number of nitrogens with zero attached hydrogens (tertiary/aromatic N) is 2. The van der Waals surface area contributed by atoms with Crippen LogP contribution in [0.3, 0.4) is 0 Å². The number of fused-ring (bicyclic) bond motifs is 1. The molecule has 0 radical (unpaired) electrons. The smallest absolute Gasteiger partial charge is 0.273 e. The molecule has 0 aliphatic carbocycles. The fourth-order valence-electron chi connectivity index (χ4n) is 4.20. The number of likely N-dealkylation sites (tertiary alicyclic amines) is 1. The Morgan fingerprint density at radius 3 is 2.50 bits per heavy atom. The van der Waals surface area contributed by atoms with Gasteiger partial charge in [-0.2, -0.15) is 0 Å². The van der Waals surface area contributed by atoms with E-state index in [1.165, 1.54) is 24.2 Å². The summed E-state index contributed by atoms with van der Waals surface area (Å²) in [7, 11) is 1.62. The Morgan fingerprint density at radius 1 is 1.00 bits per heavy atom. The first-order valence-corrected chi connectivity index (χ1v) is 12.3. The topological polar surface area (TPSA) is 43.7 Å². The molecule has 2 aromatic carbocycles. The van der Waals surface area contributed by atoms with Gasteiger partial charge in [-0.3, -0.25) is 14.3 Å². The molecule has 1 aliphatic heterocycles. The number of thiophene rings is 1. The maximum atomic E-state index is 13.3. The Morgan fingerprint density at radius 2 is 1.76 bits per heavy atom. The van der Waals surface area contributed by atoms with Crippen LogP contribution >= 0.6 is 35.3 Å². The van der Waals surface area contributed by atoms with Gasteiger partial charge in [0.1, 0.15) is 11.3 Å². The molecule has 34 heavy (non-hydrogen) atoms. The van der Waals surface area contributed by atoms with Gasteiger partial charge >= 0.3 is 0 Å². The van der Waals surface area contributed by atoms with Crippen LogP contribution in [0.15, 0.2) is 65.6 Å². The second-order valence-electron chi connectivity index (χ2n) is 8.13. The lowest BCUT2D eigenvalue weighted by Gasteiger charge is -2.17. The second kappa shape index (κ2) is 10.8. The number of rotatable bonds is 7. The molecule has 0 N–H and O–H groups in total. The number of methoxy groups -OCH3 is 1. The van der Waals surface area contributed by atoms with E-state index in [1.807, 2.05) is 60.8 Å². The lowest BCUT2D eigenvalue weighted by Crippen LogP contribution is -2.25. The molecule has 5 rings (SSSR count). The molecular weight excluding hydrogens is 491 g/mol. The van der Waals surface area contributed by atoms with Gasteiger partial charge in [-0.05, 0) is 67.9 Å². The van der Waals surface area contributed by atoms with E-state index in [4.69, 9.17) is 21.1 Å². The van der Waals surface area contributed by atoms with Crippen molar-refractivity contribution in [1.29, 1.82) is 0 Å². The van der Waals surface area contributed by atoms with Crippen molar-refractivity contribution in [2.75, 3.05) is 33.4 Å². The Bertz CT molecular complexity index is 1330. The van der Waals surface area contributed by atoms with E-state index in [2.05, 4.69) is 4.90 Å². The minimum absolute atomic E-state index is 0. The average molecular weight is 517 g/mol. The molecule has 8 heteroatoms. The molecule has 5 nitrogen and oxygen atoms in total. The summed E-state index contributed by atoms with van der Waals surface area (Å²) in [4.78, 5) is 16.8. The predicted molar refractivity (Wildman–Crippen MR) is 143 cm³/mol. The molecule has 0 spiro atoms. The fourth-order valence-corrected chi connectivity index (χ4v) is 5.42. The van der Waals surface area contributed by atoms with Crippen molar-refractivity contribution in [3.63, 3.8) is 0 Å². The number of aromatic nitrogens is 1. The highest BCUT2D eigenvalue weighted by Gasteiger charge is 2.14. The SMILES string of the molecule is COc1cc(-n2ccc3cc(-c4ccc(Cl)cc4)sc3c2=O)ccc1OCCN1CCCC1.Cl. The van der Waals surface area contributed by atoms with Crippen LogP contribution in [-0.4, -0.2) is 42.8 Å². The van der Waals surface area contributed by atoms with Crippen LogP contribution < -0.4 is 15.0 Å². The summed E-state index contributed by atoms with van der Waals surface area (Å²) < 4.78 is 13.9. The van der Waals surface area contributed by atoms with Gasteiger partial charge in [-0.15, -0.1) is 23.7 Å². The van der Waals surface area contributed by atoms with E-state index in [9.17, 15) is 4.79 Å². The van der Waals surface area contributed by atoms with Gasteiger partial charge in [0.05, 0.1) is 12.8 Å². The minimum atomic E-state index is -0.0533. The minimum Gasteiger partial charge on any atom is -0.493 e. The molecule has 0 amide bonds. The summed E-state index contributed by atoms with van der Waals surface area (Å²) in [6.45, 7) is 3.82. The molecule has 0 bridgehead atoms. The molecule has 4 aromatic rings. The zero-order valence-corrected chi connectivity index (χ0v) is 21.2. The number of halogens is 2. The Labute approximate surface area is 213 Å². The fraction of sp³-hybridized carbons (Fsp3) is 0.269. The number of pyridine rings is 1. The molecule has 1 aliphatic rings. The standard InChI is InChI=1S/C26H25ClN2O3S.ClH/c1-31-23-17-21(8-9-22(23)32-15-14-28-11-2-3-12-28)29-13-10-19-16-24(33-25(19)26(29)30)18-4-6-20(27)7-5-18;/h4-10,13,16-17H,2-3,11-12,14-15H2,1H3;1H. The maximum Gasteiger partial charge on any atom is 0.273 e. The highest BCUT2D eigenvalue weighted by atomic mass is 35.5. The van der Waals surface area contributed by atoms with E-state index in [0.717, 1.165) is 41.1 Å². The quantitative estimate of drug-likeness (QED) is 0.290. The lowest BCUT2D eigenvalue weighted by molar-refractivity contribution is 0.230. The third kappa shape index (κ3) is 5.10. The molecule has 1 saturated heterocycles. The molecular formula is C26H26Cl2N2O3S. The average Bonchev–Trinajstić information content (AvgIpc) is 3.51.